The van der Waals surface area contributed by atoms with Crippen molar-refractivity contribution < 1.29 is 14.6 Å². The first-order chi connectivity index (χ1) is 7.37. The Morgan fingerprint density at radius 1 is 1.13 bits per heavy atom. The van der Waals surface area contributed by atoms with Crippen molar-refractivity contribution in [3.63, 3.8) is 0 Å². The van der Waals surface area contributed by atoms with Crippen molar-refractivity contribution in [1.29, 1.82) is 0 Å². The van der Waals surface area contributed by atoms with E-state index in [-0.39, 0.29) is 6.61 Å². The maximum atomic E-state index is 9.09. The molecule has 0 spiro atoms. The topological polar surface area (TPSA) is 38.7 Å². The van der Waals surface area contributed by atoms with Gasteiger partial charge in [-0.15, -0.1) is 0 Å². The number of rotatable bonds is 3. The summed E-state index contributed by atoms with van der Waals surface area (Å²) in [5, 5.41) is 9.09. The smallest absolute Gasteiger partial charge is 0.196 e. The van der Waals surface area contributed by atoms with Gasteiger partial charge in [-0.05, 0) is 6.42 Å². The average molecular weight is 208 g/mol. The van der Waals surface area contributed by atoms with E-state index in [0.717, 1.165) is 12.0 Å². The first-order valence-corrected chi connectivity index (χ1v) is 5.32. The molecule has 0 aliphatic carbocycles. The molecule has 15 heavy (non-hydrogen) atoms. The Balaban J connectivity index is 2.25. The third kappa shape index (κ3) is 2.20. The zero-order valence-corrected chi connectivity index (χ0v) is 8.69. The van der Waals surface area contributed by atoms with Crippen molar-refractivity contribution >= 4 is 0 Å². The highest BCUT2D eigenvalue weighted by Gasteiger charge is 2.35. The van der Waals surface area contributed by atoms with Crippen molar-refractivity contribution in [2.45, 2.75) is 18.6 Å². The normalized spacial score (nSPS) is 20.1. The molecule has 1 aliphatic rings. The monoisotopic (exact) mass is 208 g/mol. The van der Waals surface area contributed by atoms with Crippen LogP contribution in [0.25, 0.3) is 0 Å². The second kappa shape index (κ2) is 4.75. The van der Waals surface area contributed by atoms with Gasteiger partial charge in [0.05, 0.1) is 13.2 Å². The van der Waals surface area contributed by atoms with E-state index in [2.05, 4.69) is 0 Å². The zero-order valence-electron chi connectivity index (χ0n) is 8.69. The molecular formula is C12H16O3. The fraction of sp³-hybridized carbons (Fsp3) is 0.500. The molecule has 3 heteroatoms. The van der Waals surface area contributed by atoms with Gasteiger partial charge in [-0.1, -0.05) is 30.3 Å². The molecule has 1 N–H and O–H groups in total. The highest BCUT2D eigenvalue weighted by molar-refractivity contribution is 5.20. The lowest BCUT2D eigenvalue weighted by Crippen LogP contribution is -2.38. The number of hydrogen-bond acceptors (Lipinski definition) is 3. The average Bonchev–Trinajstić information content (AvgIpc) is 2.32. The molecule has 2 rings (SSSR count). The number of hydrogen-bond donors (Lipinski definition) is 1. The van der Waals surface area contributed by atoms with Crippen LogP contribution >= 0.6 is 0 Å². The highest BCUT2D eigenvalue weighted by Crippen LogP contribution is 2.33. The van der Waals surface area contributed by atoms with Crippen molar-refractivity contribution in [3.8, 4) is 0 Å². The van der Waals surface area contributed by atoms with E-state index in [0.29, 0.717) is 19.6 Å². The Morgan fingerprint density at radius 2 is 1.80 bits per heavy atom. The van der Waals surface area contributed by atoms with Gasteiger partial charge in [-0.3, -0.25) is 0 Å². The first kappa shape index (κ1) is 10.6. The van der Waals surface area contributed by atoms with Gasteiger partial charge in [-0.2, -0.15) is 0 Å². The summed E-state index contributed by atoms with van der Waals surface area (Å²) in [7, 11) is 0. The Morgan fingerprint density at radius 3 is 2.40 bits per heavy atom. The van der Waals surface area contributed by atoms with Crippen LogP contribution in [0.2, 0.25) is 0 Å². The molecule has 0 atom stereocenters. The third-order valence-corrected chi connectivity index (χ3v) is 2.61. The van der Waals surface area contributed by atoms with E-state index < -0.39 is 5.79 Å². The number of aliphatic hydroxyl groups is 1. The molecule has 1 saturated heterocycles. The van der Waals surface area contributed by atoms with Gasteiger partial charge in [0.1, 0.15) is 0 Å². The quantitative estimate of drug-likeness (QED) is 0.821. The molecule has 0 bridgehead atoms. The van der Waals surface area contributed by atoms with Crippen LogP contribution in [0, 0.1) is 0 Å². The minimum absolute atomic E-state index is 0.0644. The Hall–Kier alpha value is -0.900. The third-order valence-electron chi connectivity index (χ3n) is 2.61. The molecule has 3 nitrogen and oxygen atoms in total. The first-order valence-electron chi connectivity index (χ1n) is 5.32. The lowest BCUT2D eigenvalue weighted by atomic mass is 10.0. The molecule has 0 radical (unpaired) electrons. The van der Waals surface area contributed by atoms with Crippen molar-refractivity contribution in [2.75, 3.05) is 19.8 Å². The van der Waals surface area contributed by atoms with Gasteiger partial charge >= 0.3 is 0 Å². The fourth-order valence-corrected chi connectivity index (χ4v) is 1.87. The number of aliphatic hydroxyl groups excluding tert-OH is 1. The molecule has 1 heterocycles. The molecule has 0 unspecified atom stereocenters. The highest BCUT2D eigenvalue weighted by atomic mass is 16.7. The summed E-state index contributed by atoms with van der Waals surface area (Å²) >= 11 is 0. The number of ether oxygens (including phenoxy) is 2. The van der Waals surface area contributed by atoms with Crippen LogP contribution in [0.1, 0.15) is 18.4 Å². The van der Waals surface area contributed by atoms with Gasteiger partial charge in [0.25, 0.3) is 0 Å². The van der Waals surface area contributed by atoms with E-state index in [9.17, 15) is 0 Å². The SMILES string of the molecule is OCCC1(c2ccccc2)OCCCO1. The Labute approximate surface area is 89.6 Å². The number of benzene rings is 1. The van der Waals surface area contributed by atoms with Gasteiger partial charge in [-0.25, -0.2) is 0 Å². The van der Waals surface area contributed by atoms with E-state index >= 15 is 0 Å². The van der Waals surface area contributed by atoms with E-state index in [1.54, 1.807) is 0 Å². The summed E-state index contributed by atoms with van der Waals surface area (Å²) in [6, 6.07) is 9.81. The van der Waals surface area contributed by atoms with E-state index in [1.807, 2.05) is 30.3 Å². The van der Waals surface area contributed by atoms with E-state index in [4.69, 9.17) is 14.6 Å². The maximum Gasteiger partial charge on any atom is 0.196 e. The molecule has 0 amide bonds. The van der Waals surface area contributed by atoms with Gasteiger partial charge in [0, 0.05) is 18.6 Å². The van der Waals surface area contributed by atoms with Gasteiger partial charge in [0.2, 0.25) is 0 Å². The summed E-state index contributed by atoms with van der Waals surface area (Å²) in [5.74, 6) is -0.728. The van der Waals surface area contributed by atoms with Gasteiger partial charge < -0.3 is 14.6 Å². The second-order valence-electron chi connectivity index (χ2n) is 3.64. The summed E-state index contributed by atoms with van der Waals surface area (Å²) in [6.07, 6.45) is 1.40. The molecule has 0 saturated carbocycles. The predicted octanol–water partition coefficient (Wildman–Crippen LogP) is 1.66. The molecule has 0 aromatic heterocycles. The maximum absolute atomic E-state index is 9.09. The van der Waals surface area contributed by atoms with Crippen molar-refractivity contribution in [3.05, 3.63) is 35.9 Å². The zero-order chi connectivity index (χ0) is 10.6. The van der Waals surface area contributed by atoms with Crippen LogP contribution < -0.4 is 0 Å². The van der Waals surface area contributed by atoms with Crippen molar-refractivity contribution in [1.82, 2.24) is 0 Å². The standard InChI is InChI=1S/C12H16O3/c13-8-7-12(14-9-4-10-15-12)11-5-2-1-3-6-11/h1-3,5-6,13H,4,7-10H2. The van der Waals surface area contributed by atoms with Crippen LogP contribution in [-0.2, 0) is 15.3 Å². The van der Waals surface area contributed by atoms with Crippen molar-refractivity contribution in [2.24, 2.45) is 0 Å². The van der Waals surface area contributed by atoms with Crippen LogP contribution in [-0.4, -0.2) is 24.9 Å². The minimum atomic E-state index is -0.728. The molecule has 1 aliphatic heterocycles. The molecule has 1 aromatic carbocycles. The molecular weight excluding hydrogens is 192 g/mol. The second-order valence-corrected chi connectivity index (χ2v) is 3.64. The largest absolute Gasteiger partial charge is 0.396 e. The van der Waals surface area contributed by atoms with Gasteiger partial charge in [0.15, 0.2) is 5.79 Å². The van der Waals surface area contributed by atoms with Crippen LogP contribution in [0.4, 0.5) is 0 Å². The molecule has 82 valence electrons. The summed E-state index contributed by atoms with van der Waals surface area (Å²) in [5.41, 5.74) is 0.985. The lowest BCUT2D eigenvalue weighted by Gasteiger charge is -2.37. The molecule has 1 aromatic rings. The predicted molar refractivity (Wildman–Crippen MR) is 56.3 cm³/mol. The van der Waals surface area contributed by atoms with Crippen LogP contribution in [0.5, 0.6) is 0 Å². The fourth-order valence-electron chi connectivity index (χ4n) is 1.87. The molecule has 1 fully saturated rings. The minimum Gasteiger partial charge on any atom is -0.396 e. The summed E-state index contributed by atoms with van der Waals surface area (Å²) in [4.78, 5) is 0. The van der Waals surface area contributed by atoms with Crippen LogP contribution in [0.15, 0.2) is 30.3 Å². The van der Waals surface area contributed by atoms with Crippen LogP contribution in [0.3, 0.4) is 0 Å². The Bertz CT molecular complexity index is 285. The Kier molecular flexibility index (Phi) is 3.36. The summed E-state index contributed by atoms with van der Waals surface area (Å²) in [6.45, 7) is 1.44. The lowest BCUT2D eigenvalue weighted by molar-refractivity contribution is -0.282. The van der Waals surface area contributed by atoms with E-state index in [1.165, 1.54) is 0 Å². The summed E-state index contributed by atoms with van der Waals surface area (Å²) < 4.78 is 11.4.